The monoisotopic (exact) mass is 840 g/mol. The van der Waals surface area contributed by atoms with Crippen LogP contribution in [0.4, 0.5) is 0 Å². The van der Waals surface area contributed by atoms with E-state index in [1.54, 1.807) is 48.5 Å². The highest BCUT2D eigenvalue weighted by molar-refractivity contribution is 5.53. The van der Waals surface area contributed by atoms with Gasteiger partial charge in [-0.3, -0.25) is 0 Å². The number of aliphatic hydroxyl groups is 7. The van der Waals surface area contributed by atoms with Crippen molar-refractivity contribution in [2.24, 2.45) is 0 Å². The Bertz CT molecular complexity index is 2260. The molecule has 0 aliphatic carbocycles. The third-order valence-electron chi connectivity index (χ3n) is 11.3. The van der Waals surface area contributed by atoms with Crippen LogP contribution in [0, 0.1) is 6.92 Å². The fourth-order valence-electron chi connectivity index (χ4n) is 7.77. The number of aromatic hydroxyl groups is 1. The topological polar surface area (TPSA) is 208 Å². The number of hydrogen-bond acceptors (Lipinski definition) is 13. The molecule has 326 valence electrons. The van der Waals surface area contributed by atoms with Crippen molar-refractivity contribution < 1.29 is 64.5 Å². The first-order valence-electron chi connectivity index (χ1n) is 20.4. The molecule has 13 heteroatoms. The van der Waals surface area contributed by atoms with E-state index in [9.17, 15) is 40.9 Å². The van der Waals surface area contributed by atoms with Crippen LogP contribution in [0.3, 0.4) is 0 Å². The molecule has 0 saturated heterocycles. The van der Waals surface area contributed by atoms with Gasteiger partial charge in [-0.15, -0.1) is 0 Å². The maximum Gasteiger partial charge on any atom is 0.163 e. The maximum absolute atomic E-state index is 11.5. The summed E-state index contributed by atoms with van der Waals surface area (Å²) in [5.41, 5.74) is 6.12. The number of ether oxygens (including phenoxy) is 5. The third kappa shape index (κ3) is 9.74. The summed E-state index contributed by atoms with van der Waals surface area (Å²) in [6, 6.07) is 24.1. The van der Waals surface area contributed by atoms with Gasteiger partial charge >= 0.3 is 0 Å². The first-order valence-corrected chi connectivity index (χ1v) is 20.4. The standard InChI is InChI=1S/C48H56O13/c1-5-28-7-12-39(27(3)15-28)58-43(25-53)45(56)32-18-35(23-51)47-36(19-32)37(24-52)46(61-47)31-10-14-41(42(20-31)57-4)59-44(26-54)48(30-9-11-38(55)33(17-30)21-49)60-40-13-8-29(6-2)16-34(40)22-50/h7-20,37,43-46,48-56H,5-6,21-26H2,1-4H3. The quantitative estimate of drug-likeness (QED) is 0.0484. The number of fused-ring (bicyclic) bond motifs is 1. The van der Waals surface area contributed by atoms with Crippen molar-refractivity contribution in [2.45, 2.75) is 89.9 Å². The Morgan fingerprint density at radius 2 is 1.26 bits per heavy atom. The van der Waals surface area contributed by atoms with Gasteiger partial charge in [0.15, 0.2) is 29.8 Å². The summed E-state index contributed by atoms with van der Waals surface area (Å²) in [5.74, 6) is 0.985. The molecule has 0 radical (unpaired) electrons. The largest absolute Gasteiger partial charge is 0.508 e. The molecule has 6 unspecified atom stereocenters. The minimum Gasteiger partial charge on any atom is -0.508 e. The minimum absolute atomic E-state index is 0.116. The predicted octanol–water partition coefficient (Wildman–Crippen LogP) is 5.55. The summed E-state index contributed by atoms with van der Waals surface area (Å²) in [5, 5.41) is 84.4. The Balaban J connectivity index is 1.29. The highest BCUT2D eigenvalue weighted by atomic mass is 16.6. The van der Waals surface area contributed by atoms with Crippen molar-refractivity contribution in [2.75, 3.05) is 26.9 Å². The van der Waals surface area contributed by atoms with Crippen molar-refractivity contribution in [3.63, 3.8) is 0 Å². The summed E-state index contributed by atoms with van der Waals surface area (Å²) in [7, 11) is 1.45. The van der Waals surface area contributed by atoms with E-state index in [-0.39, 0.29) is 36.0 Å². The molecule has 0 spiro atoms. The summed E-state index contributed by atoms with van der Waals surface area (Å²) in [6.45, 7) is 3.39. The highest BCUT2D eigenvalue weighted by Crippen LogP contribution is 2.50. The summed E-state index contributed by atoms with van der Waals surface area (Å²) >= 11 is 0. The Labute approximate surface area is 355 Å². The molecular formula is C48H56O13. The van der Waals surface area contributed by atoms with E-state index in [1.165, 1.54) is 13.2 Å². The zero-order valence-corrected chi connectivity index (χ0v) is 34.8. The van der Waals surface area contributed by atoms with Crippen LogP contribution >= 0.6 is 0 Å². The zero-order chi connectivity index (χ0) is 43.8. The van der Waals surface area contributed by atoms with Gasteiger partial charge in [-0.05, 0) is 108 Å². The molecule has 0 aromatic heterocycles. The van der Waals surface area contributed by atoms with Crippen LogP contribution in [0.2, 0.25) is 0 Å². The molecule has 13 nitrogen and oxygen atoms in total. The van der Waals surface area contributed by atoms with E-state index in [0.29, 0.717) is 50.6 Å². The van der Waals surface area contributed by atoms with Crippen LogP contribution in [-0.2, 0) is 32.7 Å². The number of rotatable bonds is 20. The lowest BCUT2D eigenvalue weighted by molar-refractivity contribution is 0.000318. The molecule has 5 aromatic carbocycles. The lowest BCUT2D eigenvalue weighted by atomic mass is 9.88. The van der Waals surface area contributed by atoms with Gasteiger partial charge < -0.3 is 64.5 Å². The Hall–Kier alpha value is -5.38. The summed E-state index contributed by atoms with van der Waals surface area (Å²) < 4.78 is 31.2. The number of hydrogen-bond donors (Lipinski definition) is 8. The number of benzene rings is 5. The van der Waals surface area contributed by atoms with E-state index >= 15 is 0 Å². The second-order valence-electron chi connectivity index (χ2n) is 15.1. The average molecular weight is 841 g/mol. The van der Waals surface area contributed by atoms with E-state index in [4.69, 9.17) is 23.7 Å². The fourth-order valence-corrected chi connectivity index (χ4v) is 7.77. The first-order chi connectivity index (χ1) is 29.5. The molecule has 1 aliphatic heterocycles. The van der Waals surface area contributed by atoms with Gasteiger partial charge in [0.25, 0.3) is 0 Å². The van der Waals surface area contributed by atoms with E-state index < -0.39 is 62.9 Å². The summed E-state index contributed by atoms with van der Waals surface area (Å²) in [4.78, 5) is 0. The molecule has 61 heavy (non-hydrogen) atoms. The number of aryl methyl sites for hydroxylation is 3. The minimum atomic E-state index is -1.30. The molecule has 0 bridgehead atoms. The van der Waals surface area contributed by atoms with Gasteiger partial charge in [0.2, 0.25) is 0 Å². The van der Waals surface area contributed by atoms with Gasteiger partial charge in [-0.1, -0.05) is 44.2 Å². The van der Waals surface area contributed by atoms with Gasteiger partial charge in [0, 0.05) is 22.3 Å². The third-order valence-corrected chi connectivity index (χ3v) is 11.3. The van der Waals surface area contributed by atoms with Crippen LogP contribution in [0.25, 0.3) is 0 Å². The van der Waals surface area contributed by atoms with Crippen molar-refractivity contribution in [3.8, 4) is 34.5 Å². The van der Waals surface area contributed by atoms with Crippen molar-refractivity contribution in [1.82, 2.24) is 0 Å². The molecule has 0 fully saturated rings. The maximum atomic E-state index is 11.5. The Morgan fingerprint density at radius 3 is 1.89 bits per heavy atom. The van der Waals surface area contributed by atoms with Gasteiger partial charge in [-0.2, -0.15) is 0 Å². The SMILES string of the molecule is CCc1ccc(OC(CO)C(O)c2cc(CO)c3c(c2)C(CO)C(c2ccc(OC(CO)C(Oc4ccc(CC)cc4CO)c4ccc(O)c(CO)c4)c(OC)c2)O3)c(C)c1. The lowest BCUT2D eigenvalue weighted by Crippen LogP contribution is -2.33. The van der Waals surface area contributed by atoms with Crippen molar-refractivity contribution in [3.05, 3.63) is 141 Å². The summed E-state index contributed by atoms with van der Waals surface area (Å²) in [6.07, 6.45) is -3.57. The zero-order valence-electron chi connectivity index (χ0n) is 34.8. The average Bonchev–Trinajstić information content (AvgIpc) is 3.68. The Kier molecular flexibility index (Phi) is 15.1. The molecule has 5 aromatic rings. The van der Waals surface area contributed by atoms with Crippen LogP contribution < -0.4 is 23.7 Å². The smallest absolute Gasteiger partial charge is 0.163 e. The molecule has 6 atom stereocenters. The van der Waals surface area contributed by atoms with Crippen LogP contribution in [0.5, 0.6) is 34.5 Å². The first kappa shape index (κ1) is 45.2. The predicted molar refractivity (Wildman–Crippen MR) is 226 cm³/mol. The second-order valence-corrected chi connectivity index (χ2v) is 15.1. The number of aliphatic hydroxyl groups excluding tert-OH is 7. The van der Waals surface area contributed by atoms with Crippen molar-refractivity contribution in [1.29, 1.82) is 0 Å². The molecule has 0 saturated carbocycles. The molecule has 1 heterocycles. The fraction of sp³-hybridized carbons (Fsp3) is 0.375. The Morgan fingerprint density at radius 1 is 0.623 bits per heavy atom. The van der Waals surface area contributed by atoms with Crippen LogP contribution in [0.15, 0.2) is 84.9 Å². The molecule has 0 amide bonds. The normalized spacial score (nSPS) is 16.6. The van der Waals surface area contributed by atoms with Crippen molar-refractivity contribution >= 4 is 0 Å². The molecule has 1 aliphatic rings. The van der Waals surface area contributed by atoms with E-state index in [1.807, 2.05) is 44.2 Å². The van der Waals surface area contributed by atoms with Gasteiger partial charge in [0.1, 0.15) is 35.2 Å². The highest BCUT2D eigenvalue weighted by Gasteiger charge is 2.39. The van der Waals surface area contributed by atoms with E-state index in [0.717, 1.165) is 29.5 Å². The molecular weight excluding hydrogens is 785 g/mol. The number of methoxy groups -OCH3 is 1. The molecule has 6 rings (SSSR count). The van der Waals surface area contributed by atoms with Crippen LogP contribution in [0.1, 0.15) is 93.7 Å². The lowest BCUT2D eigenvalue weighted by Gasteiger charge is -2.29. The van der Waals surface area contributed by atoms with Gasteiger partial charge in [-0.25, -0.2) is 0 Å². The molecule has 8 N–H and O–H groups in total. The van der Waals surface area contributed by atoms with Crippen LogP contribution in [-0.4, -0.2) is 80.0 Å². The number of phenols is 1. The van der Waals surface area contributed by atoms with Gasteiger partial charge in [0.05, 0.1) is 52.7 Å². The van der Waals surface area contributed by atoms with E-state index in [2.05, 4.69) is 6.92 Å². The second kappa shape index (κ2) is 20.5.